The van der Waals surface area contributed by atoms with Crippen LogP contribution >= 0.6 is 0 Å². The van der Waals surface area contributed by atoms with E-state index in [-0.39, 0.29) is 0 Å². The maximum absolute atomic E-state index is 5.36. The molecule has 0 unspecified atom stereocenters. The lowest BCUT2D eigenvalue weighted by Gasteiger charge is -1.83. The number of furan rings is 1. The van der Waals surface area contributed by atoms with Crippen molar-refractivity contribution in [2.24, 2.45) is 0 Å². The molecule has 0 fully saturated rings. The summed E-state index contributed by atoms with van der Waals surface area (Å²) in [6, 6.07) is 2.09. The summed E-state index contributed by atoms with van der Waals surface area (Å²) in [6.45, 7) is 10.4. The van der Waals surface area contributed by atoms with Crippen LogP contribution in [-0.4, -0.2) is 0 Å². The summed E-state index contributed by atoms with van der Waals surface area (Å²) in [7, 11) is 0. The molecule has 0 atom stereocenters. The Bertz CT molecular complexity index is 223. The second-order valence-electron chi connectivity index (χ2n) is 3.01. The highest BCUT2D eigenvalue weighted by molar-refractivity contribution is 5.18. The van der Waals surface area contributed by atoms with Gasteiger partial charge in [0.05, 0.1) is 0 Å². The van der Waals surface area contributed by atoms with Crippen LogP contribution in [-0.2, 0) is 6.42 Å². The van der Waals surface area contributed by atoms with Crippen LogP contribution in [0.25, 0.3) is 0 Å². The number of aryl methyl sites for hydroxylation is 3. The maximum atomic E-state index is 5.36. The van der Waals surface area contributed by atoms with E-state index in [0.29, 0.717) is 0 Å². The van der Waals surface area contributed by atoms with Gasteiger partial charge in [-0.25, -0.2) is 0 Å². The number of hydrogen-bond donors (Lipinski definition) is 0. The second kappa shape index (κ2) is 9.92. The third kappa shape index (κ3) is 6.37. The van der Waals surface area contributed by atoms with Gasteiger partial charge in [0, 0.05) is 6.42 Å². The predicted molar refractivity (Wildman–Crippen MR) is 63.4 cm³/mol. The normalized spacial score (nSPS) is 7.93. The third-order valence-electron chi connectivity index (χ3n) is 1.57. The van der Waals surface area contributed by atoms with E-state index in [0.717, 1.165) is 17.9 Å². The molecule has 80 valence electrons. The van der Waals surface area contributed by atoms with Gasteiger partial charge in [-0.2, -0.15) is 0 Å². The molecule has 0 amide bonds. The number of hydrogen-bond acceptors (Lipinski definition) is 1. The van der Waals surface area contributed by atoms with Gasteiger partial charge in [0.25, 0.3) is 0 Å². The van der Waals surface area contributed by atoms with Crippen molar-refractivity contribution >= 4 is 0 Å². The Labute approximate surface area is 88.5 Å². The fourth-order valence-electron chi connectivity index (χ4n) is 0.824. The molecule has 0 radical (unpaired) electrons. The summed E-state index contributed by atoms with van der Waals surface area (Å²) in [5.41, 5.74) is 1.26. The van der Waals surface area contributed by atoms with Gasteiger partial charge in [0.15, 0.2) is 0 Å². The average Bonchev–Trinajstić information content (AvgIpc) is 2.51. The van der Waals surface area contributed by atoms with E-state index in [1.54, 1.807) is 0 Å². The van der Waals surface area contributed by atoms with Gasteiger partial charge >= 0.3 is 0 Å². The first-order valence-corrected chi connectivity index (χ1v) is 5.04. The van der Waals surface area contributed by atoms with Crippen LogP contribution in [0.2, 0.25) is 0 Å². The van der Waals surface area contributed by atoms with Gasteiger partial charge in [0.1, 0.15) is 11.5 Å². The summed E-state index contributed by atoms with van der Waals surface area (Å²) in [6.07, 6.45) is 10.2. The predicted octanol–water partition coefficient (Wildman–Crippen LogP) is 4.12. The second-order valence-corrected chi connectivity index (χ2v) is 3.01. The molecule has 1 aromatic heterocycles. The third-order valence-corrected chi connectivity index (χ3v) is 1.57. The summed E-state index contributed by atoms with van der Waals surface area (Å²) in [5.74, 6) is 2.14. The molecule has 0 aliphatic rings. The molecule has 1 heteroatoms. The zero-order valence-electron chi connectivity index (χ0n) is 10.1. The molecular weight excluding hydrogens is 172 g/mol. The molecule has 0 aromatic carbocycles. The van der Waals surface area contributed by atoms with E-state index >= 15 is 0 Å². The van der Waals surface area contributed by atoms with E-state index in [1.807, 2.05) is 6.92 Å². The van der Waals surface area contributed by atoms with Crippen molar-refractivity contribution in [3.8, 4) is 12.8 Å². The quantitative estimate of drug-likeness (QED) is 0.613. The van der Waals surface area contributed by atoms with Crippen LogP contribution in [0, 0.1) is 26.7 Å². The monoisotopic (exact) mass is 194 g/mol. The molecule has 0 aliphatic carbocycles. The molecule has 0 aliphatic heterocycles. The van der Waals surface area contributed by atoms with Crippen LogP contribution in [0.3, 0.4) is 0 Å². The first-order valence-electron chi connectivity index (χ1n) is 5.04. The van der Waals surface area contributed by atoms with E-state index < -0.39 is 0 Å². The van der Waals surface area contributed by atoms with E-state index in [4.69, 9.17) is 4.42 Å². The minimum atomic E-state index is 0.995. The largest absolute Gasteiger partial charge is 0.466 e. The van der Waals surface area contributed by atoms with Crippen molar-refractivity contribution in [1.82, 2.24) is 0 Å². The van der Waals surface area contributed by atoms with Crippen molar-refractivity contribution in [3.63, 3.8) is 0 Å². The zero-order chi connectivity index (χ0) is 11.6. The smallest absolute Gasteiger partial charge is 0.104 e. The van der Waals surface area contributed by atoms with Crippen molar-refractivity contribution in [1.29, 1.82) is 0 Å². The molecular formula is C13H22O. The lowest BCUT2D eigenvalue weighted by atomic mass is 10.2. The fourth-order valence-corrected chi connectivity index (χ4v) is 0.824. The lowest BCUT2D eigenvalue weighted by Crippen LogP contribution is -1.68. The lowest BCUT2D eigenvalue weighted by molar-refractivity contribution is 0.487. The Morgan fingerprint density at radius 1 is 1.14 bits per heavy atom. The summed E-state index contributed by atoms with van der Waals surface area (Å²) >= 11 is 0. The first kappa shape index (κ1) is 15.3. The Morgan fingerprint density at radius 2 is 1.57 bits per heavy atom. The van der Waals surface area contributed by atoms with Crippen LogP contribution in [0.4, 0.5) is 0 Å². The summed E-state index contributed by atoms with van der Waals surface area (Å²) in [4.78, 5) is 0. The standard InChI is InChI=1S/C8H12O.C3H8.C2H2/c1-4-8-5-6(2)7(3)9-8;1-3-2;1-2/h5H,4H2,1-3H3;3H2,1-2H3;1-2H. The maximum Gasteiger partial charge on any atom is 0.104 e. The average molecular weight is 194 g/mol. The van der Waals surface area contributed by atoms with Crippen LogP contribution < -0.4 is 0 Å². The summed E-state index contributed by atoms with van der Waals surface area (Å²) in [5, 5.41) is 0. The van der Waals surface area contributed by atoms with Gasteiger partial charge in [-0.1, -0.05) is 27.2 Å². The Kier molecular flexibility index (Phi) is 10.9. The molecule has 0 bridgehead atoms. The number of terminal acetylenes is 1. The highest BCUT2D eigenvalue weighted by Gasteiger charge is 1.98. The van der Waals surface area contributed by atoms with Gasteiger partial charge < -0.3 is 4.42 Å². The molecule has 1 nitrogen and oxygen atoms in total. The Morgan fingerprint density at radius 3 is 1.71 bits per heavy atom. The molecule has 0 N–H and O–H groups in total. The Hall–Kier alpha value is -1.16. The van der Waals surface area contributed by atoms with Crippen molar-refractivity contribution < 1.29 is 4.42 Å². The number of rotatable bonds is 1. The van der Waals surface area contributed by atoms with Crippen LogP contribution in [0.1, 0.15) is 44.3 Å². The highest BCUT2D eigenvalue weighted by Crippen LogP contribution is 2.12. The van der Waals surface area contributed by atoms with Crippen molar-refractivity contribution in [2.45, 2.75) is 47.5 Å². The minimum Gasteiger partial charge on any atom is -0.466 e. The van der Waals surface area contributed by atoms with Crippen molar-refractivity contribution in [2.75, 3.05) is 0 Å². The van der Waals surface area contributed by atoms with Gasteiger partial charge in [-0.15, -0.1) is 12.8 Å². The molecule has 1 rings (SSSR count). The zero-order valence-corrected chi connectivity index (χ0v) is 10.1. The van der Waals surface area contributed by atoms with E-state index in [2.05, 4.69) is 46.6 Å². The fraction of sp³-hybridized carbons (Fsp3) is 0.538. The topological polar surface area (TPSA) is 13.1 Å². The molecule has 0 saturated carbocycles. The minimum absolute atomic E-state index is 0.995. The van der Waals surface area contributed by atoms with Gasteiger partial charge in [-0.05, 0) is 25.5 Å². The van der Waals surface area contributed by atoms with Crippen LogP contribution in [0.5, 0.6) is 0 Å². The van der Waals surface area contributed by atoms with Crippen molar-refractivity contribution in [3.05, 3.63) is 23.2 Å². The molecule has 14 heavy (non-hydrogen) atoms. The van der Waals surface area contributed by atoms with Crippen LogP contribution in [0.15, 0.2) is 10.5 Å². The molecule has 0 saturated heterocycles. The molecule has 1 heterocycles. The SMILES string of the molecule is C#C.CCC.CCc1cc(C)c(C)o1. The Balaban J connectivity index is 0. The first-order chi connectivity index (χ1) is 6.65. The molecule has 1 aromatic rings. The van der Waals surface area contributed by atoms with E-state index in [9.17, 15) is 0 Å². The molecule has 0 spiro atoms. The van der Waals surface area contributed by atoms with E-state index in [1.165, 1.54) is 12.0 Å². The van der Waals surface area contributed by atoms with Gasteiger partial charge in [-0.3, -0.25) is 0 Å². The highest BCUT2D eigenvalue weighted by atomic mass is 16.3. The summed E-state index contributed by atoms with van der Waals surface area (Å²) < 4.78 is 5.36. The van der Waals surface area contributed by atoms with Gasteiger partial charge in [0.2, 0.25) is 0 Å².